The fraction of sp³-hybridized carbons (Fsp3) is 0.526. The first kappa shape index (κ1) is 14.8. The molecular formula is C19H22IrN2-2. The third-order valence-electron chi connectivity index (χ3n) is 6.05. The molecule has 0 aromatic heterocycles. The summed E-state index contributed by atoms with van der Waals surface area (Å²) in [7, 11) is 2.24. The fourth-order valence-electron chi connectivity index (χ4n) is 5.53. The van der Waals surface area contributed by atoms with Crippen molar-refractivity contribution in [2.75, 3.05) is 11.9 Å². The van der Waals surface area contributed by atoms with Crippen molar-refractivity contribution < 1.29 is 20.1 Å². The molecule has 2 unspecified atom stereocenters. The number of benzene rings is 1. The molecule has 6 rings (SSSR count). The average Bonchev–Trinajstić information content (AvgIpc) is 2.74. The molecule has 5 aliphatic rings. The van der Waals surface area contributed by atoms with Crippen LogP contribution in [0.2, 0.25) is 0 Å². The first-order valence-corrected chi connectivity index (χ1v) is 8.37. The van der Waals surface area contributed by atoms with E-state index < -0.39 is 0 Å². The average molecular weight is 471 g/mol. The number of hydrogen-bond donors (Lipinski definition) is 0. The van der Waals surface area contributed by atoms with Crippen molar-refractivity contribution in [1.29, 1.82) is 0 Å². The molecule has 2 fully saturated rings. The third kappa shape index (κ3) is 2.09. The van der Waals surface area contributed by atoms with Gasteiger partial charge in [-0.2, -0.15) is 37.0 Å². The molecule has 1 radical (unpaired) electrons. The molecular weight excluding hydrogens is 448 g/mol. The van der Waals surface area contributed by atoms with Gasteiger partial charge in [-0.15, -0.1) is 5.69 Å². The Labute approximate surface area is 146 Å². The fourth-order valence-corrected chi connectivity index (χ4v) is 5.53. The van der Waals surface area contributed by atoms with Gasteiger partial charge < -0.3 is 9.80 Å². The molecule has 4 bridgehead atoms. The summed E-state index contributed by atoms with van der Waals surface area (Å²) >= 11 is 0. The minimum atomic E-state index is 0. The van der Waals surface area contributed by atoms with Crippen LogP contribution in [0, 0.1) is 36.4 Å². The predicted octanol–water partition coefficient (Wildman–Crippen LogP) is 4.02. The normalized spacial score (nSPS) is 35.5. The Bertz CT molecular complexity index is 583. The van der Waals surface area contributed by atoms with Crippen LogP contribution in [-0.2, 0) is 20.1 Å². The number of nitrogens with zero attached hydrogens (tertiary/aromatic N) is 2. The van der Waals surface area contributed by atoms with Gasteiger partial charge in [0.05, 0.1) is 0 Å². The zero-order valence-corrected chi connectivity index (χ0v) is 15.4. The molecule has 0 N–H and O–H groups in total. The third-order valence-corrected chi connectivity index (χ3v) is 6.05. The molecule has 2 atom stereocenters. The summed E-state index contributed by atoms with van der Waals surface area (Å²) < 4.78 is 0. The number of hydrogen-bond acceptors (Lipinski definition) is 2. The first-order valence-electron chi connectivity index (χ1n) is 8.37. The van der Waals surface area contributed by atoms with Gasteiger partial charge in [-0.1, -0.05) is 0 Å². The minimum absolute atomic E-state index is 0. The van der Waals surface area contributed by atoms with Crippen LogP contribution in [0.15, 0.2) is 35.7 Å². The second kappa shape index (κ2) is 5.39. The number of allylic oxidation sites excluding steroid dienone is 2. The summed E-state index contributed by atoms with van der Waals surface area (Å²) in [6.45, 7) is 2.29. The number of para-hydroxylation sites is 1. The summed E-state index contributed by atoms with van der Waals surface area (Å²) in [4.78, 5) is 4.84. The maximum atomic E-state index is 3.42. The zero-order valence-electron chi connectivity index (χ0n) is 13.0. The second-order valence-electron chi connectivity index (χ2n) is 7.42. The van der Waals surface area contributed by atoms with Gasteiger partial charge in [0.25, 0.3) is 0 Å². The van der Waals surface area contributed by atoms with E-state index in [9.17, 15) is 0 Å². The molecule has 1 aliphatic heterocycles. The van der Waals surface area contributed by atoms with E-state index in [1.165, 1.54) is 37.8 Å². The van der Waals surface area contributed by atoms with Crippen molar-refractivity contribution >= 4 is 5.69 Å². The standard InChI is InChI=1S/C19H22N2.Ir/c1-20-12-21(17-5-3-2-4-6-17)19-16-10-13-7-14(11-16)9-15(8-13)18(19)20;/h2-5,12-16H,7-11H2,1H3;/q-2;. The van der Waals surface area contributed by atoms with Gasteiger partial charge in [-0.05, 0) is 62.8 Å². The van der Waals surface area contributed by atoms with Crippen molar-refractivity contribution in [3.63, 3.8) is 0 Å². The summed E-state index contributed by atoms with van der Waals surface area (Å²) in [5.41, 5.74) is 4.44. The summed E-state index contributed by atoms with van der Waals surface area (Å²) in [5, 5.41) is 0. The van der Waals surface area contributed by atoms with Gasteiger partial charge in [0, 0.05) is 31.5 Å². The van der Waals surface area contributed by atoms with E-state index in [4.69, 9.17) is 0 Å². The van der Waals surface area contributed by atoms with Gasteiger partial charge in [0.1, 0.15) is 0 Å². The smallest absolute Gasteiger partial charge is 0.00845 e. The number of anilines is 1. The zero-order chi connectivity index (χ0) is 14.0. The van der Waals surface area contributed by atoms with Crippen molar-refractivity contribution in [1.82, 2.24) is 4.90 Å². The van der Waals surface area contributed by atoms with E-state index in [2.05, 4.69) is 47.8 Å². The molecule has 2 nitrogen and oxygen atoms in total. The van der Waals surface area contributed by atoms with Gasteiger partial charge in [0.15, 0.2) is 0 Å². The van der Waals surface area contributed by atoms with E-state index >= 15 is 0 Å². The van der Waals surface area contributed by atoms with Crippen LogP contribution in [-0.4, -0.2) is 11.9 Å². The SMILES string of the molecule is CN1[CH-]N(c2[c-]cccc2)C2=C1C1CC3CC(C1)CC2C3.[Ir]. The van der Waals surface area contributed by atoms with Crippen LogP contribution in [0.1, 0.15) is 32.1 Å². The topological polar surface area (TPSA) is 6.48 Å². The Kier molecular flexibility index (Phi) is 3.62. The molecule has 119 valence electrons. The van der Waals surface area contributed by atoms with Crippen molar-refractivity contribution in [2.24, 2.45) is 23.7 Å². The minimum Gasteiger partial charge on any atom is -0.507 e. The quantitative estimate of drug-likeness (QED) is 0.572. The number of rotatable bonds is 1. The maximum Gasteiger partial charge on any atom is 0.00845 e. The van der Waals surface area contributed by atoms with Crippen molar-refractivity contribution in [2.45, 2.75) is 32.1 Å². The summed E-state index contributed by atoms with van der Waals surface area (Å²) in [5.74, 6) is 3.53. The van der Waals surface area contributed by atoms with Crippen LogP contribution in [0.3, 0.4) is 0 Å². The van der Waals surface area contributed by atoms with Crippen LogP contribution < -0.4 is 4.90 Å². The molecule has 0 saturated heterocycles. The predicted molar refractivity (Wildman–Crippen MR) is 83.9 cm³/mol. The summed E-state index contributed by atoms with van der Waals surface area (Å²) in [6, 6.07) is 11.8. The van der Waals surface area contributed by atoms with Crippen LogP contribution in [0.4, 0.5) is 5.69 Å². The van der Waals surface area contributed by atoms with Gasteiger partial charge in [-0.25, -0.2) is 0 Å². The van der Waals surface area contributed by atoms with E-state index in [1.807, 2.05) is 6.07 Å². The molecule has 1 aromatic rings. The van der Waals surface area contributed by atoms with E-state index in [-0.39, 0.29) is 20.1 Å². The van der Waals surface area contributed by atoms with Crippen LogP contribution in [0.5, 0.6) is 0 Å². The van der Waals surface area contributed by atoms with E-state index in [0.717, 1.165) is 23.7 Å². The van der Waals surface area contributed by atoms with Crippen LogP contribution >= 0.6 is 0 Å². The van der Waals surface area contributed by atoms with Gasteiger partial charge in [0.2, 0.25) is 0 Å². The largest absolute Gasteiger partial charge is 0.507 e. The van der Waals surface area contributed by atoms with Crippen molar-refractivity contribution in [3.8, 4) is 0 Å². The van der Waals surface area contributed by atoms with Gasteiger partial charge in [-0.3, -0.25) is 0 Å². The van der Waals surface area contributed by atoms with E-state index in [1.54, 1.807) is 11.4 Å². The Morgan fingerprint density at radius 1 is 1.00 bits per heavy atom. The Morgan fingerprint density at radius 2 is 1.68 bits per heavy atom. The molecule has 1 aromatic carbocycles. The maximum absolute atomic E-state index is 3.42. The first-order chi connectivity index (χ1) is 10.3. The van der Waals surface area contributed by atoms with Crippen LogP contribution in [0.25, 0.3) is 0 Å². The Hall–Kier alpha value is -0.791. The van der Waals surface area contributed by atoms with Crippen molar-refractivity contribution in [3.05, 3.63) is 48.4 Å². The molecule has 1 heterocycles. The molecule has 22 heavy (non-hydrogen) atoms. The molecule has 0 amide bonds. The van der Waals surface area contributed by atoms with Gasteiger partial charge >= 0.3 is 0 Å². The monoisotopic (exact) mass is 471 g/mol. The molecule has 2 saturated carbocycles. The molecule has 4 aliphatic carbocycles. The van der Waals surface area contributed by atoms with E-state index in [0.29, 0.717) is 0 Å². The molecule has 3 heteroatoms. The molecule has 0 spiro atoms. The Morgan fingerprint density at radius 3 is 2.32 bits per heavy atom. The second-order valence-corrected chi connectivity index (χ2v) is 7.42. The summed E-state index contributed by atoms with van der Waals surface area (Å²) in [6.07, 6.45) is 7.18. The Balaban J connectivity index is 0.00000125.